The van der Waals surface area contributed by atoms with E-state index in [2.05, 4.69) is 78.3 Å². The molecule has 1 N–H and O–H groups in total. The van der Waals surface area contributed by atoms with Crippen LogP contribution in [0.5, 0.6) is 0 Å². The van der Waals surface area contributed by atoms with Crippen LogP contribution in [0.25, 0.3) is 26.5 Å². The Hall–Kier alpha value is -5.29. The molecule has 2 fully saturated rings. The lowest BCUT2D eigenvalue weighted by Gasteiger charge is -2.28. The summed E-state index contributed by atoms with van der Waals surface area (Å²) in [4.78, 5) is 54.5. The summed E-state index contributed by atoms with van der Waals surface area (Å²) in [5.41, 5.74) is 6.28. The highest BCUT2D eigenvalue weighted by Gasteiger charge is 2.37. The third-order valence-corrected chi connectivity index (χ3v) is 13.7. The first kappa shape index (κ1) is 42.8. The summed E-state index contributed by atoms with van der Waals surface area (Å²) in [5.74, 6) is -0.0451. The van der Waals surface area contributed by atoms with Crippen molar-refractivity contribution in [1.82, 2.24) is 25.0 Å². The van der Waals surface area contributed by atoms with Gasteiger partial charge >= 0.3 is 0 Å². The zero-order valence-corrected chi connectivity index (χ0v) is 36.5. The minimum absolute atomic E-state index is 0.0300. The van der Waals surface area contributed by atoms with Crippen molar-refractivity contribution in [1.29, 1.82) is 0 Å². The van der Waals surface area contributed by atoms with Gasteiger partial charge in [-0.05, 0) is 93.0 Å². The molecular weight excluding hydrogens is 783 g/mol. The maximum Gasteiger partial charge on any atom is 0.250 e. The van der Waals surface area contributed by atoms with Gasteiger partial charge in [-0.2, -0.15) is 0 Å². The van der Waals surface area contributed by atoms with E-state index in [1.165, 1.54) is 0 Å². The van der Waals surface area contributed by atoms with Crippen LogP contribution in [-0.4, -0.2) is 77.2 Å². The van der Waals surface area contributed by atoms with Gasteiger partial charge in [-0.15, -0.1) is 11.3 Å². The molecule has 0 spiro atoms. The van der Waals surface area contributed by atoms with E-state index >= 15 is 0 Å². The van der Waals surface area contributed by atoms with Crippen molar-refractivity contribution in [3.8, 4) is 21.6 Å². The Morgan fingerprint density at radius 1 is 0.867 bits per heavy atom. The van der Waals surface area contributed by atoms with Crippen LogP contribution in [-0.2, 0) is 20.8 Å². The Balaban J connectivity index is 0.977. The highest BCUT2D eigenvalue weighted by atomic mass is 32.2. The number of allylic oxidation sites excluding steroid dienone is 1. The van der Waals surface area contributed by atoms with E-state index in [9.17, 15) is 14.4 Å². The fraction of sp³-hybridized carbons (Fsp3) is 0.320. The average Bonchev–Trinajstić information content (AvgIpc) is 4.07. The number of thioether (sulfide) groups is 1. The predicted molar refractivity (Wildman–Crippen MR) is 247 cm³/mol. The van der Waals surface area contributed by atoms with Crippen LogP contribution in [0.15, 0.2) is 133 Å². The topological polar surface area (TPSA) is 85.8 Å². The number of amides is 3. The summed E-state index contributed by atoms with van der Waals surface area (Å²) < 4.78 is 0. The van der Waals surface area contributed by atoms with Gasteiger partial charge in [0.05, 0.1) is 23.4 Å². The lowest BCUT2D eigenvalue weighted by molar-refractivity contribution is -0.137. The molecule has 3 heterocycles. The number of hydrogen-bond acceptors (Lipinski definition) is 7. The van der Waals surface area contributed by atoms with Crippen LogP contribution >= 0.6 is 23.1 Å². The number of likely N-dealkylation sites (tertiary alicyclic amines) is 2. The molecule has 3 atom stereocenters. The molecule has 2 saturated heterocycles. The number of benzene rings is 4. The maximum atomic E-state index is 14.2. The van der Waals surface area contributed by atoms with Crippen molar-refractivity contribution in [2.45, 2.75) is 70.0 Å². The molecule has 2 aliphatic rings. The number of rotatable bonds is 16. The number of hydrogen-bond donors (Lipinski definition) is 1. The second kappa shape index (κ2) is 20.3. The molecule has 10 heteroatoms. The zero-order chi connectivity index (χ0) is 42.0. The molecule has 0 aliphatic carbocycles. The highest BCUT2D eigenvalue weighted by molar-refractivity contribution is 8.11. The molecule has 8 nitrogen and oxygen atoms in total. The monoisotopic (exact) mass is 837 g/mol. The molecule has 0 saturated carbocycles. The third kappa shape index (κ3) is 10.5. The van der Waals surface area contributed by atoms with Gasteiger partial charge in [0, 0.05) is 35.5 Å². The summed E-state index contributed by atoms with van der Waals surface area (Å²) in [6.07, 6.45) is 9.20. The predicted octanol–water partition coefficient (Wildman–Crippen LogP) is 10.2. The van der Waals surface area contributed by atoms with Crippen LogP contribution in [0, 0.1) is 0 Å². The second-order valence-electron chi connectivity index (χ2n) is 15.9. The summed E-state index contributed by atoms with van der Waals surface area (Å²) in [7, 11) is 3.98. The van der Waals surface area contributed by atoms with Crippen LogP contribution in [0.1, 0.15) is 79.2 Å². The summed E-state index contributed by atoms with van der Waals surface area (Å²) >= 11 is 3.30. The first-order chi connectivity index (χ1) is 29.2. The third-order valence-electron chi connectivity index (χ3n) is 11.4. The molecule has 0 radical (unpaired) electrons. The second-order valence-corrected chi connectivity index (χ2v) is 18.1. The molecular formula is C50H55N5O3S2. The van der Waals surface area contributed by atoms with E-state index in [4.69, 9.17) is 4.98 Å². The zero-order valence-electron chi connectivity index (χ0n) is 34.9. The minimum atomic E-state index is -0.743. The van der Waals surface area contributed by atoms with Crippen molar-refractivity contribution in [3.05, 3.63) is 155 Å². The Labute approximate surface area is 363 Å². The van der Waals surface area contributed by atoms with Crippen molar-refractivity contribution in [3.63, 3.8) is 0 Å². The van der Waals surface area contributed by atoms with Gasteiger partial charge in [0.1, 0.15) is 11.0 Å². The van der Waals surface area contributed by atoms with E-state index in [1.807, 2.05) is 90.8 Å². The Morgan fingerprint density at radius 2 is 1.50 bits per heavy atom. The van der Waals surface area contributed by atoms with E-state index in [-0.39, 0.29) is 29.8 Å². The summed E-state index contributed by atoms with van der Waals surface area (Å²) in [6, 6.07) is 35.9. The van der Waals surface area contributed by atoms with Gasteiger partial charge in [0.25, 0.3) is 0 Å². The van der Waals surface area contributed by atoms with E-state index < -0.39 is 6.04 Å². The number of carbonyl (C=O) groups is 3. The first-order valence-electron chi connectivity index (χ1n) is 21.0. The van der Waals surface area contributed by atoms with Crippen LogP contribution < -0.4 is 5.32 Å². The normalized spacial score (nSPS) is 17.2. The van der Waals surface area contributed by atoms with Crippen molar-refractivity contribution < 1.29 is 14.4 Å². The number of nitrogens with one attached hydrogen (secondary N) is 1. The molecule has 0 bridgehead atoms. The molecule has 7 rings (SSSR count). The number of carbonyl (C=O) groups excluding carboxylic acids is 3. The number of nitrogens with zero attached hydrogens (tertiary/aromatic N) is 4. The van der Waals surface area contributed by atoms with E-state index in [0.29, 0.717) is 19.4 Å². The fourth-order valence-corrected chi connectivity index (χ4v) is 10.3. The number of thiazole rings is 1. The Kier molecular flexibility index (Phi) is 14.5. The van der Waals surface area contributed by atoms with Crippen molar-refractivity contribution in [2.24, 2.45) is 0 Å². The quantitative estimate of drug-likeness (QED) is 0.107. The molecule has 60 heavy (non-hydrogen) atoms. The largest absolute Gasteiger partial charge is 0.341 e. The van der Waals surface area contributed by atoms with Crippen molar-refractivity contribution >= 4 is 45.7 Å². The molecule has 0 unspecified atom stereocenters. The van der Waals surface area contributed by atoms with Crippen LogP contribution in [0.2, 0.25) is 0 Å². The van der Waals surface area contributed by atoms with Crippen LogP contribution in [0.3, 0.4) is 0 Å². The molecule has 310 valence electrons. The molecule has 3 amide bonds. The van der Waals surface area contributed by atoms with Gasteiger partial charge in [-0.25, -0.2) is 4.98 Å². The Morgan fingerprint density at radius 3 is 2.18 bits per heavy atom. The van der Waals surface area contributed by atoms with E-state index in [0.717, 1.165) is 98.3 Å². The lowest BCUT2D eigenvalue weighted by atomic mass is 10.0. The fourth-order valence-electron chi connectivity index (χ4n) is 8.17. The highest BCUT2D eigenvalue weighted by Crippen LogP contribution is 2.41. The van der Waals surface area contributed by atoms with Gasteiger partial charge in [0.15, 0.2) is 0 Å². The van der Waals surface area contributed by atoms with E-state index in [1.54, 1.807) is 23.1 Å². The lowest BCUT2D eigenvalue weighted by Crippen LogP contribution is -2.42. The van der Waals surface area contributed by atoms with Gasteiger partial charge in [-0.3, -0.25) is 14.4 Å². The van der Waals surface area contributed by atoms with Gasteiger partial charge in [0.2, 0.25) is 17.7 Å². The minimum Gasteiger partial charge on any atom is -0.341 e. The molecule has 1 aromatic heterocycles. The van der Waals surface area contributed by atoms with Crippen molar-refractivity contribution in [2.75, 3.05) is 33.7 Å². The number of aromatic nitrogens is 1. The molecule has 2 aliphatic heterocycles. The molecule has 5 aromatic rings. The average molecular weight is 838 g/mol. The smallest absolute Gasteiger partial charge is 0.250 e. The summed E-state index contributed by atoms with van der Waals surface area (Å²) in [5, 5.41) is 3.98. The van der Waals surface area contributed by atoms with Crippen LogP contribution in [0.4, 0.5) is 0 Å². The van der Waals surface area contributed by atoms with Gasteiger partial charge < -0.3 is 20.0 Å². The maximum absolute atomic E-state index is 14.2. The van der Waals surface area contributed by atoms with Gasteiger partial charge in [-0.1, -0.05) is 134 Å². The molecule has 4 aromatic carbocycles. The first-order valence-corrected chi connectivity index (χ1v) is 22.6. The summed E-state index contributed by atoms with van der Waals surface area (Å²) in [6.45, 7) is 8.72. The Bertz CT molecular complexity index is 2270. The standard InChI is InChI=1S/C50H55N5O3S2/c1-5-44(59-35(2)42-19-12-31-54(42)47(57)33-36-15-8-6-9-16-36)39-26-22-37(23-27-39)38-24-28-40(29-25-38)45-34-51-49(60-45)43-20-13-32-55(43)50(58)48(41-17-10-7-11-18-41)52-46(56)21-14-30-53(3)4/h5-11,15-18,22-29,34,42-43,48H,2,12-14,19-21,30-33H2,1,3-4H3,(H,52,56)/b44-5-/t42-,43-,48+/m0/s1. The SMILES string of the molecule is C=C(S/C(=C\C)c1ccc(-c2ccc(-c3cnc([C@@H]4CCCN4C(=O)[C@H](NC(=O)CCCN(C)C)c4ccccc4)s3)cc2)cc1)[C@@H]1CCCN1C(=O)Cc1ccccc1.